The lowest BCUT2D eigenvalue weighted by molar-refractivity contribution is -0.282. The van der Waals surface area contributed by atoms with Crippen LogP contribution in [0.25, 0.3) is 0 Å². The Morgan fingerprint density at radius 2 is 2.07 bits per heavy atom. The lowest BCUT2D eigenvalue weighted by atomic mass is 10.1. The van der Waals surface area contributed by atoms with E-state index in [4.69, 9.17) is 4.89 Å². The number of rotatable bonds is 4. The smallest absolute Gasteiger partial charge is 0.338 e. The monoisotopic (exact) mass is 210 g/mol. The molecule has 0 spiro atoms. The molecule has 82 valence electrons. The maximum absolute atomic E-state index is 11.3. The van der Waals surface area contributed by atoms with Gasteiger partial charge in [-0.1, -0.05) is 12.1 Å². The summed E-state index contributed by atoms with van der Waals surface area (Å²) < 4.78 is 4.64. The van der Waals surface area contributed by atoms with E-state index < -0.39 is 0 Å². The lowest BCUT2D eigenvalue weighted by Crippen LogP contribution is -2.04. The molecule has 0 unspecified atom stereocenters. The average Bonchev–Trinajstić information content (AvgIpc) is 2.25. The molecule has 0 aliphatic heterocycles. The highest BCUT2D eigenvalue weighted by Crippen LogP contribution is 2.13. The molecule has 4 heteroatoms. The van der Waals surface area contributed by atoms with E-state index in [-0.39, 0.29) is 5.97 Å². The van der Waals surface area contributed by atoms with Gasteiger partial charge in [0, 0.05) is 0 Å². The highest BCUT2D eigenvalue weighted by atomic mass is 17.2. The van der Waals surface area contributed by atoms with Crippen molar-refractivity contribution < 1.29 is 19.3 Å². The predicted octanol–water partition coefficient (Wildman–Crippen LogP) is 1.86. The van der Waals surface area contributed by atoms with Crippen molar-refractivity contribution >= 4 is 5.97 Å². The van der Waals surface area contributed by atoms with Gasteiger partial charge in [0.2, 0.25) is 0 Å². The molecule has 0 saturated carbocycles. The van der Waals surface area contributed by atoms with Gasteiger partial charge in [-0.05, 0) is 24.1 Å². The highest BCUT2D eigenvalue weighted by molar-refractivity contribution is 5.90. The summed E-state index contributed by atoms with van der Waals surface area (Å²) in [5, 5.41) is 0. The van der Waals surface area contributed by atoms with Gasteiger partial charge >= 0.3 is 5.97 Å². The summed E-state index contributed by atoms with van der Waals surface area (Å²) in [6.45, 7) is 2.21. The number of hydrogen-bond donors (Lipinski definition) is 0. The molecule has 0 radical (unpaired) electrons. The molecule has 15 heavy (non-hydrogen) atoms. The normalized spacial score (nSPS) is 10.1. The van der Waals surface area contributed by atoms with Gasteiger partial charge in [0.25, 0.3) is 0 Å². The number of esters is 1. The molecule has 1 aromatic rings. The first-order valence-electron chi connectivity index (χ1n) is 4.52. The van der Waals surface area contributed by atoms with Gasteiger partial charge in [0.15, 0.2) is 0 Å². The molecule has 0 atom stereocenters. The summed E-state index contributed by atoms with van der Waals surface area (Å²) in [6, 6.07) is 5.39. The van der Waals surface area contributed by atoms with Crippen LogP contribution in [0.5, 0.6) is 0 Å². The van der Waals surface area contributed by atoms with E-state index in [2.05, 4.69) is 9.62 Å². The van der Waals surface area contributed by atoms with Gasteiger partial charge in [0.1, 0.15) is 6.61 Å². The zero-order chi connectivity index (χ0) is 11.3. The molecule has 0 saturated heterocycles. The summed E-state index contributed by atoms with van der Waals surface area (Å²) in [4.78, 5) is 20.6. The zero-order valence-electron chi connectivity index (χ0n) is 9.07. The Labute approximate surface area is 88.7 Å². The second kappa shape index (κ2) is 5.48. The molecule has 0 aliphatic carbocycles. The van der Waals surface area contributed by atoms with Crippen molar-refractivity contribution in [3.8, 4) is 0 Å². The van der Waals surface area contributed by atoms with E-state index in [0.29, 0.717) is 12.2 Å². The Bertz CT molecular complexity index is 346. The van der Waals surface area contributed by atoms with E-state index in [1.807, 2.05) is 13.0 Å². The van der Waals surface area contributed by atoms with Gasteiger partial charge in [-0.25, -0.2) is 14.6 Å². The largest absolute Gasteiger partial charge is 0.465 e. The molecule has 0 amide bonds. The van der Waals surface area contributed by atoms with Crippen molar-refractivity contribution in [3.63, 3.8) is 0 Å². The van der Waals surface area contributed by atoms with Gasteiger partial charge < -0.3 is 4.74 Å². The van der Waals surface area contributed by atoms with Crippen molar-refractivity contribution in [1.82, 2.24) is 0 Å². The highest BCUT2D eigenvalue weighted by Gasteiger charge is 2.08. The van der Waals surface area contributed by atoms with Crippen molar-refractivity contribution in [2.45, 2.75) is 13.5 Å². The Balaban J connectivity index is 2.83. The third kappa shape index (κ3) is 3.04. The van der Waals surface area contributed by atoms with Crippen LogP contribution in [0.2, 0.25) is 0 Å². The molecule has 0 heterocycles. The maximum Gasteiger partial charge on any atom is 0.338 e. The standard InChI is InChI=1S/C11H14O4/c1-8-6-9(7-15-14-3)4-5-10(8)11(12)13-2/h4-6H,7H2,1-3H3. The predicted molar refractivity (Wildman–Crippen MR) is 54.3 cm³/mol. The van der Waals surface area contributed by atoms with E-state index in [1.165, 1.54) is 14.2 Å². The number of carbonyl (C=O) groups is 1. The Hall–Kier alpha value is -1.39. The van der Waals surface area contributed by atoms with E-state index in [9.17, 15) is 4.79 Å². The quantitative estimate of drug-likeness (QED) is 0.432. The number of ether oxygens (including phenoxy) is 1. The van der Waals surface area contributed by atoms with E-state index in [0.717, 1.165) is 11.1 Å². The minimum Gasteiger partial charge on any atom is -0.465 e. The molecular formula is C11H14O4. The molecule has 1 rings (SSSR count). The van der Waals surface area contributed by atoms with Crippen LogP contribution in [0, 0.1) is 6.92 Å². The van der Waals surface area contributed by atoms with Gasteiger partial charge in [-0.2, -0.15) is 0 Å². The molecular weight excluding hydrogens is 196 g/mol. The molecule has 1 aromatic carbocycles. The van der Waals surface area contributed by atoms with Crippen molar-refractivity contribution in [2.75, 3.05) is 14.2 Å². The Morgan fingerprint density at radius 3 is 2.60 bits per heavy atom. The second-order valence-electron chi connectivity index (χ2n) is 3.07. The lowest BCUT2D eigenvalue weighted by Gasteiger charge is -2.06. The van der Waals surface area contributed by atoms with Crippen molar-refractivity contribution in [2.24, 2.45) is 0 Å². The Kier molecular flexibility index (Phi) is 4.27. The van der Waals surface area contributed by atoms with Crippen LogP contribution in [-0.2, 0) is 21.1 Å². The summed E-state index contributed by atoms with van der Waals surface area (Å²) >= 11 is 0. The van der Waals surface area contributed by atoms with Gasteiger partial charge in [-0.15, -0.1) is 0 Å². The minimum atomic E-state index is -0.327. The third-order valence-corrected chi connectivity index (χ3v) is 2.04. The number of methoxy groups -OCH3 is 1. The SMILES string of the molecule is COOCc1ccc(C(=O)OC)c(C)c1. The summed E-state index contributed by atoms with van der Waals surface area (Å²) in [6.07, 6.45) is 0. The van der Waals surface area contributed by atoms with Crippen LogP contribution in [0.3, 0.4) is 0 Å². The van der Waals surface area contributed by atoms with Crippen LogP contribution in [0.15, 0.2) is 18.2 Å². The second-order valence-corrected chi connectivity index (χ2v) is 3.07. The third-order valence-electron chi connectivity index (χ3n) is 2.04. The van der Waals surface area contributed by atoms with Crippen LogP contribution in [0.1, 0.15) is 21.5 Å². The minimum absolute atomic E-state index is 0.327. The molecule has 0 aromatic heterocycles. The topological polar surface area (TPSA) is 44.8 Å². The van der Waals surface area contributed by atoms with E-state index in [1.54, 1.807) is 12.1 Å². The molecule has 4 nitrogen and oxygen atoms in total. The first-order chi connectivity index (χ1) is 7.19. The average molecular weight is 210 g/mol. The maximum atomic E-state index is 11.3. The van der Waals surface area contributed by atoms with Crippen LogP contribution in [0.4, 0.5) is 0 Å². The van der Waals surface area contributed by atoms with Crippen LogP contribution < -0.4 is 0 Å². The van der Waals surface area contributed by atoms with Crippen LogP contribution >= 0.6 is 0 Å². The molecule has 0 aliphatic rings. The fourth-order valence-electron chi connectivity index (χ4n) is 1.28. The van der Waals surface area contributed by atoms with Gasteiger partial charge in [0.05, 0.1) is 19.8 Å². The molecule has 0 bridgehead atoms. The Morgan fingerprint density at radius 1 is 1.33 bits per heavy atom. The fraction of sp³-hybridized carbons (Fsp3) is 0.364. The van der Waals surface area contributed by atoms with Crippen molar-refractivity contribution in [3.05, 3.63) is 34.9 Å². The number of benzene rings is 1. The number of hydrogen-bond acceptors (Lipinski definition) is 4. The van der Waals surface area contributed by atoms with Gasteiger partial charge in [-0.3, -0.25) is 0 Å². The fourth-order valence-corrected chi connectivity index (χ4v) is 1.28. The summed E-state index contributed by atoms with van der Waals surface area (Å²) in [5.41, 5.74) is 2.37. The first kappa shape index (κ1) is 11.7. The number of aryl methyl sites for hydroxylation is 1. The van der Waals surface area contributed by atoms with E-state index >= 15 is 0 Å². The van der Waals surface area contributed by atoms with Crippen LogP contribution in [-0.4, -0.2) is 20.2 Å². The molecule has 0 N–H and O–H groups in total. The zero-order valence-corrected chi connectivity index (χ0v) is 9.07. The summed E-state index contributed by atoms with van der Waals surface area (Å²) in [5.74, 6) is -0.327. The molecule has 0 fully saturated rings. The first-order valence-corrected chi connectivity index (χ1v) is 4.52. The summed E-state index contributed by atoms with van der Waals surface area (Å²) in [7, 11) is 2.82. The number of carbonyl (C=O) groups excluding carboxylic acids is 1. The van der Waals surface area contributed by atoms with Crippen molar-refractivity contribution in [1.29, 1.82) is 0 Å².